The molecule has 0 aliphatic carbocycles. The molecule has 0 saturated heterocycles. The molecule has 2 aromatic carbocycles. The van der Waals surface area contributed by atoms with Crippen LogP contribution in [0.5, 0.6) is 0 Å². The summed E-state index contributed by atoms with van der Waals surface area (Å²) in [6.07, 6.45) is 1.64. The van der Waals surface area contributed by atoms with Crippen molar-refractivity contribution >= 4 is 15.7 Å². The van der Waals surface area contributed by atoms with Gasteiger partial charge in [0.25, 0.3) is 10.0 Å². The quantitative estimate of drug-likeness (QED) is 0.794. The number of aromatic nitrogens is 1. The average molecular weight is 328 g/mol. The van der Waals surface area contributed by atoms with E-state index >= 15 is 0 Å². The van der Waals surface area contributed by atoms with Gasteiger partial charge in [-0.25, -0.2) is 12.8 Å². The molecule has 0 amide bonds. The molecular formula is C17H13FN2O2S. The van der Waals surface area contributed by atoms with Gasteiger partial charge in [-0.05, 0) is 42.5 Å². The van der Waals surface area contributed by atoms with E-state index in [4.69, 9.17) is 0 Å². The molecule has 0 aliphatic heterocycles. The first-order chi connectivity index (χ1) is 11.1. The van der Waals surface area contributed by atoms with Crippen LogP contribution in [-0.4, -0.2) is 13.4 Å². The molecule has 3 aromatic rings. The lowest BCUT2D eigenvalue weighted by Gasteiger charge is -2.12. The Labute approximate surface area is 133 Å². The van der Waals surface area contributed by atoms with E-state index in [1.165, 1.54) is 12.1 Å². The summed E-state index contributed by atoms with van der Waals surface area (Å²) in [5, 5.41) is 0. The Bertz CT molecular complexity index is 911. The maximum Gasteiger partial charge on any atom is 0.261 e. The molecule has 1 aromatic heterocycles. The first kappa shape index (κ1) is 15.2. The fraction of sp³-hybridized carbons (Fsp3) is 0. The van der Waals surface area contributed by atoms with Crippen molar-refractivity contribution in [1.29, 1.82) is 0 Å². The molecule has 0 aliphatic rings. The standard InChI is InChI=1S/C17H13FN2O2S/c18-13-8-10-14(11-9-13)23(21,22)20-17-7-2-1-5-15(17)16-6-3-4-12-19-16/h1-12,20H. The number of sulfonamides is 1. The van der Waals surface area contributed by atoms with Crippen LogP contribution < -0.4 is 4.72 Å². The number of pyridine rings is 1. The molecule has 23 heavy (non-hydrogen) atoms. The number of hydrogen-bond acceptors (Lipinski definition) is 3. The second-order valence-corrected chi connectivity index (χ2v) is 6.50. The Balaban J connectivity index is 1.99. The molecular weight excluding hydrogens is 315 g/mol. The molecule has 0 fully saturated rings. The maximum atomic E-state index is 13.0. The number of para-hydroxylation sites is 1. The highest BCUT2D eigenvalue weighted by Crippen LogP contribution is 2.28. The Morgan fingerprint density at radius 2 is 1.57 bits per heavy atom. The molecule has 0 atom stereocenters. The maximum absolute atomic E-state index is 13.0. The zero-order chi connectivity index (χ0) is 16.3. The van der Waals surface area contributed by atoms with Gasteiger partial charge >= 0.3 is 0 Å². The minimum atomic E-state index is -3.81. The van der Waals surface area contributed by atoms with Gasteiger partial charge in [0.15, 0.2) is 0 Å². The van der Waals surface area contributed by atoms with Crippen LogP contribution in [0.2, 0.25) is 0 Å². The highest BCUT2D eigenvalue weighted by Gasteiger charge is 2.16. The van der Waals surface area contributed by atoms with Crippen molar-refractivity contribution in [1.82, 2.24) is 4.98 Å². The van der Waals surface area contributed by atoms with Crippen molar-refractivity contribution in [2.24, 2.45) is 0 Å². The van der Waals surface area contributed by atoms with Crippen molar-refractivity contribution < 1.29 is 12.8 Å². The molecule has 1 N–H and O–H groups in total. The monoisotopic (exact) mass is 328 g/mol. The molecule has 6 heteroatoms. The topological polar surface area (TPSA) is 59.1 Å². The van der Waals surface area contributed by atoms with Gasteiger partial charge in [-0.1, -0.05) is 24.3 Å². The Morgan fingerprint density at radius 1 is 0.870 bits per heavy atom. The van der Waals surface area contributed by atoms with E-state index in [1.54, 1.807) is 42.6 Å². The van der Waals surface area contributed by atoms with Crippen LogP contribution in [-0.2, 0) is 10.0 Å². The smallest absolute Gasteiger partial charge is 0.261 e. The number of hydrogen-bond donors (Lipinski definition) is 1. The van der Waals surface area contributed by atoms with E-state index in [9.17, 15) is 12.8 Å². The number of nitrogens with zero attached hydrogens (tertiary/aromatic N) is 1. The van der Waals surface area contributed by atoms with E-state index in [0.717, 1.165) is 12.1 Å². The second-order valence-electron chi connectivity index (χ2n) is 4.82. The van der Waals surface area contributed by atoms with Crippen molar-refractivity contribution in [3.63, 3.8) is 0 Å². The Hall–Kier alpha value is -2.73. The fourth-order valence-corrected chi connectivity index (χ4v) is 3.21. The zero-order valence-corrected chi connectivity index (χ0v) is 12.8. The third kappa shape index (κ3) is 3.37. The average Bonchev–Trinajstić information content (AvgIpc) is 2.56. The number of anilines is 1. The predicted octanol–water partition coefficient (Wildman–Crippen LogP) is 3.69. The minimum absolute atomic E-state index is 0.00489. The predicted molar refractivity (Wildman–Crippen MR) is 86.9 cm³/mol. The van der Waals surface area contributed by atoms with Crippen molar-refractivity contribution in [3.05, 3.63) is 78.7 Å². The van der Waals surface area contributed by atoms with Crippen LogP contribution >= 0.6 is 0 Å². The first-order valence-corrected chi connectivity index (χ1v) is 8.33. The third-order valence-electron chi connectivity index (χ3n) is 3.24. The van der Waals surface area contributed by atoms with Gasteiger partial charge in [0.2, 0.25) is 0 Å². The van der Waals surface area contributed by atoms with Crippen LogP contribution in [0.25, 0.3) is 11.3 Å². The zero-order valence-electron chi connectivity index (χ0n) is 12.0. The molecule has 3 rings (SSSR count). The lowest BCUT2D eigenvalue weighted by Crippen LogP contribution is -2.13. The molecule has 116 valence electrons. The van der Waals surface area contributed by atoms with Crippen LogP contribution in [0, 0.1) is 5.82 Å². The van der Waals surface area contributed by atoms with Crippen LogP contribution in [0.1, 0.15) is 0 Å². The SMILES string of the molecule is O=S(=O)(Nc1ccccc1-c1ccccn1)c1ccc(F)cc1. The summed E-state index contributed by atoms with van der Waals surface area (Å²) in [6.45, 7) is 0. The second kappa shape index (κ2) is 6.18. The summed E-state index contributed by atoms with van der Waals surface area (Å²) in [6, 6.07) is 17.1. The summed E-state index contributed by atoms with van der Waals surface area (Å²) >= 11 is 0. The fourth-order valence-electron chi connectivity index (χ4n) is 2.13. The van der Waals surface area contributed by atoms with Crippen molar-refractivity contribution in [2.75, 3.05) is 4.72 Å². The van der Waals surface area contributed by atoms with E-state index in [2.05, 4.69) is 9.71 Å². The normalized spacial score (nSPS) is 11.2. The molecule has 0 unspecified atom stereocenters. The van der Waals surface area contributed by atoms with Gasteiger partial charge in [0.1, 0.15) is 5.82 Å². The van der Waals surface area contributed by atoms with Gasteiger partial charge in [-0.15, -0.1) is 0 Å². The van der Waals surface area contributed by atoms with E-state index in [1.807, 2.05) is 6.07 Å². The number of rotatable bonds is 4. The van der Waals surface area contributed by atoms with Gasteiger partial charge < -0.3 is 0 Å². The van der Waals surface area contributed by atoms with E-state index in [0.29, 0.717) is 16.9 Å². The van der Waals surface area contributed by atoms with E-state index in [-0.39, 0.29) is 4.90 Å². The lowest BCUT2D eigenvalue weighted by molar-refractivity contribution is 0.599. The summed E-state index contributed by atoms with van der Waals surface area (Å²) in [4.78, 5) is 4.23. The van der Waals surface area contributed by atoms with Crippen LogP contribution in [0.15, 0.2) is 77.8 Å². The van der Waals surface area contributed by atoms with Gasteiger partial charge in [-0.3, -0.25) is 9.71 Å². The largest absolute Gasteiger partial charge is 0.279 e. The minimum Gasteiger partial charge on any atom is -0.279 e. The summed E-state index contributed by atoms with van der Waals surface area (Å²) in [5.41, 5.74) is 1.74. The van der Waals surface area contributed by atoms with Gasteiger partial charge in [-0.2, -0.15) is 0 Å². The van der Waals surface area contributed by atoms with Crippen molar-refractivity contribution in [2.45, 2.75) is 4.90 Å². The summed E-state index contributed by atoms with van der Waals surface area (Å²) in [5.74, 6) is -0.488. The molecule has 0 bridgehead atoms. The molecule has 0 radical (unpaired) electrons. The molecule has 1 heterocycles. The molecule has 0 spiro atoms. The first-order valence-electron chi connectivity index (χ1n) is 6.85. The third-order valence-corrected chi connectivity index (χ3v) is 4.62. The van der Waals surface area contributed by atoms with Crippen molar-refractivity contribution in [3.8, 4) is 11.3 Å². The highest BCUT2D eigenvalue weighted by molar-refractivity contribution is 7.92. The Kier molecular flexibility index (Phi) is 4.08. The number of benzene rings is 2. The van der Waals surface area contributed by atoms with Crippen LogP contribution in [0.4, 0.5) is 10.1 Å². The molecule has 0 saturated carbocycles. The summed E-state index contributed by atoms with van der Waals surface area (Å²) in [7, 11) is -3.81. The van der Waals surface area contributed by atoms with E-state index < -0.39 is 15.8 Å². The highest BCUT2D eigenvalue weighted by atomic mass is 32.2. The Morgan fingerprint density at radius 3 is 2.26 bits per heavy atom. The van der Waals surface area contributed by atoms with Crippen LogP contribution in [0.3, 0.4) is 0 Å². The number of halogens is 1. The van der Waals surface area contributed by atoms with Gasteiger partial charge in [0.05, 0.1) is 16.3 Å². The lowest BCUT2D eigenvalue weighted by atomic mass is 10.1. The molecule has 4 nitrogen and oxygen atoms in total. The van der Waals surface area contributed by atoms with Gasteiger partial charge in [0, 0.05) is 11.8 Å². The summed E-state index contributed by atoms with van der Waals surface area (Å²) < 4.78 is 40.4. The number of nitrogens with one attached hydrogen (secondary N) is 1.